The number of fused-ring (bicyclic) bond motifs is 1. The van der Waals surface area contributed by atoms with Crippen LogP contribution < -0.4 is 9.47 Å². The number of hydrogen-bond acceptors (Lipinski definition) is 8. The third-order valence-electron chi connectivity index (χ3n) is 6.33. The van der Waals surface area contributed by atoms with Crippen molar-refractivity contribution in [2.45, 2.75) is 27.7 Å². The lowest BCUT2D eigenvalue weighted by atomic mass is 10.0. The van der Waals surface area contributed by atoms with E-state index in [1.54, 1.807) is 33.2 Å². The number of halogens is 2. The van der Waals surface area contributed by atoms with Gasteiger partial charge in [-0.25, -0.2) is 23.5 Å². The average Bonchev–Trinajstić information content (AvgIpc) is 3.47. The Bertz CT molecular complexity index is 1700. The van der Waals surface area contributed by atoms with Gasteiger partial charge in [0.05, 0.1) is 37.3 Å². The van der Waals surface area contributed by atoms with Crippen molar-refractivity contribution in [2.75, 3.05) is 20.3 Å². The van der Waals surface area contributed by atoms with Crippen LogP contribution in [0.5, 0.6) is 11.6 Å². The van der Waals surface area contributed by atoms with E-state index in [2.05, 4.69) is 15.1 Å². The number of hydrogen-bond donors (Lipinski definition) is 0. The van der Waals surface area contributed by atoms with Crippen LogP contribution in [0.1, 0.15) is 35.8 Å². The van der Waals surface area contributed by atoms with Gasteiger partial charge >= 0.3 is 5.97 Å². The van der Waals surface area contributed by atoms with Crippen molar-refractivity contribution in [3.63, 3.8) is 0 Å². The van der Waals surface area contributed by atoms with Crippen LogP contribution in [0, 0.1) is 25.5 Å². The monoisotopic (exact) mass is 548 g/mol. The van der Waals surface area contributed by atoms with E-state index in [0.717, 1.165) is 17.2 Å². The summed E-state index contributed by atoms with van der Waals surface area (Å²) in [6, 6.07) is 6.67. The predicted molar refractivity (Wildman–Crippen MR) is 143 cm³/mol. The molecule has 4 aromatic heterocycles. The highest BCUT2D eigenvalue weighted by molar-refractivity contribution is 6.01. The van der Waals surface area contributed by atoms with E-state index in [1.165, 1.54) is 29.9 Å². The number of benzene rings is 1. The SMILES string of the molecule is CCOc1cc(C(=O)OC)nc(OCC)c1-c1cn(-c2ccc(F)cc2F)c2ncc(-c3c(C)noc3C)cc12. The van der Waals surface area contributed by atoms with E-state index < -0.39 is 17.6 Å². The van der Waals surface area contributed by atoms with Crippen molar-refractivity contribution in [1.29, 1.82) is 0 Å². The minimum atomic E-state index is -0.769. The molecule has 0 aliphatic rings. The number of ether oxygens (including phenoxy) is 3. The molecule has 0 N–H and O–H groups in total. The van der Waals surface area contributed by atoms with Crippen LogP contribution in [0.3, 0.4) is 0 Å². The fraction of sp³-hybridized carbons (Fsp3) is 0.241. The molecule has 0 saturated heterocycles. The first-order valence-electron chi connectivity index (χ1n) is 12.6. The van der Waals surface area contributed by atoms with E-state index in [1.807, 2.05) is 13.0 Å². The fourth-order valence-corrected chi connectivity index (χ4v) is 4.67. The van der Waals surface area contributed by atoms with Crippen LogP contribution in [0.4, 0.5) is 8.78 Å². The minimum Gasteiger partial charge on any atom is -0.493 e. The summed E-state index contributed by atoms with van der Waals surface area (Å²) < 4.78 is 52.4. The molecular weight excluding hydrogens is 522 g/mol. The maximum atomic E-state index is 15.0. The normalized spacial score (nSPS) is 11.2. The zero-order valence-electron chi connectivity index (χ0n) is 22.5. The molecule has 0 saturated carbocycles. The summed E-state index contributed by atoms with van der Waals surface area (Å²) in [7, 11) is 1.26. The van der Waals surface area contributed by atoms with E-state index in [-0.39, 0.29) is 30.5 Å². The van der Waals surface area contributed by atoms with Crippen molar-refractivity contribution < 1.29 is 32.3 Å². The van der Waals surface area contributed by atoms with Gasteiger partial charge < -0.3 is 18.7 Å². The number of carbonyl (C=O) groups is 1. The first-order valence-corrected chi connectivity index (χ1v) is 12.6. The second-order valence-electron chi connectivity index (χ2n) is 8.85. The number of aromatic nitrogens is 4. The van der Waals surface area contributed by atoms with Gasteiger partial charge in [-0.1, -0.05) is 5.16 Å². The van der Waals surface area contributed by atoms with Crippen LogP contribution in [0.2, 0.25) is 0 Å². The molecule has 0 spiro atoms. The summed E-state index contributed by atoms with van der Waals surface area (Å²) in [6.07, 6.45) is 3.30. The van der Waals surface area contributed by atoms with Gasteiger partial charge in [-0.2, -0.15) is 0 Å². The number of nitrogens with zero attached hydrogens (tertiary/aromatic N) is 4. The molecule has 5 rings (SSSR count). The van der Waals surface area contributed by atoms with Gasteiger partial charge in [0.15, 0.2) is 5.69 Å². The molecule has 5 aromatic rings. The smallest absolute Gasteiger partial charge is 0.356 e. The van der Waals surface area contributed by atoms with Crippen LogP contribution >= 0.6 is 0 Å². The Morgan fingerprint density at radius 3 is 2.48 bits per heavy atom. The summed E-state index contributed by atoms with van der Waals surface area (Å²) in [5.74, 6) is -1.09. The fourth-order valence-electron chi connectivity index (χ4n) is 4.67. The molecule has 0 bridgehead atoms. The molecule has 1 aromatic carbocycles. The lowest BCUT2D eigenvalue weighted by Crippen LogP contribution is -2.09. The molecule has 206 valence electrons. The second-order valence-corrected chi connectivity index (χ2v) is 8.85. The summed E-state index contributed by atoms with van der Waals surface area (Å²) in [5, 5.41) is 4.64. The van der Waals surface area contributed by atoms with E-state index in [4.69, 9.17) is 18.7 Å². The summed E-state index contributed by atoms with van der Waals surface area (Å²) in [5.41, 5.74) is 3.62. The van der Waals surface area contributed by atoms with E-state index in [0.29, 0.717) is 39.4 Å². The van der Waals surface area contributed by atoms with Gasteiger partial charge in [-0.3, -0.25) is 4.57 Å². The first kappa shape index (κ1) is 26.8. The molecule has 0 fully saturated rings. The molecule has 0 aliphatic carbocycles. The Kier molecular flexibility index (Phi) is 7.20. The van der Waals surface area contributed by atoms with Crippen LogP contribution in [0.25, 0.3) is 39.0 Å². The van der Waals surface area contributed by atoms with Crippen molar-refractivity contribution in [2.24, 2.45) is 0 Å². The van der Waals surface area contributed by atoms with Gasteiger partial charge in [0.25, 0.3) is 0 Å². The number of rotatable bonds is 8. The van der Waals surface area contributed by atoms with E-state index in [9.17, 15) is 9.18 Å². The molecule has 4 heterocycles. The molecule has 9 nitrogen and oxygen atoms in total. The third kappa shape index (κ3) is 4.63. The lowest BCUT2D eigenvalue weighted by molar-refractivity contribution is 0.0592. The largest absolute Gasteiger partial charge is 0.493 e. The highest BCUT2D eigenvalue weighted by Crippen LogP contribution is 2.44. The zero-order valence-corrected chi connectivity index (χ0v) is 22.5. The third-order valence-corrected chi connectivity index (χ3v) is 6.33. The Labute approximate surface area is 228 Å². The molecule has 0 atom stereocenters. The number of pyridine rings is 2. The van der Waals surface area contributed by atoms with Crippen molar-refractivity contribution >= 4 is 17.0 Å². The summed E-state index contributed by atoms with van der Waals surface area (Å²) in [6.45, 7) is 7.73. The molecule has 11 heteroatoms. The number of methoxy groups -OCH3 is 1. The minimum absolute atomic E-state index is 0.000928. The highest BCUT2D eigenvalue weighted by atomic mass is 19.1. The maximum Gasteiger partial charge on any atom is 0.356 e. The topological polar surface area (TPSA) is 102 Å². The number of carbonyl (C=O) groups excluding carboxylic acids is 1. The Morgan fingerprint density at radius 2 is 1.82 bits per heavy atom. The van der Waals surface area contributed by atoms with Crippen LogP contribution in [-0.2, 0) is 4.74 Å². The maximum absolute atomic E-state index is 15.0. The highest BCUT2D eigenvalue weighted by Gasteiger charge is 2.26. The van der Waals surface area contributed by atoms with Gasteiger partial charge in [0, 0.05) is 46.6 Å². The standard InChI is InChI=1S/C29H26F2N4O5/c1-6-38-24-12-22(29(36)37-5)33-28(39-7-2)26(24)20-14-35(23-9-8-18(30)11-21(23)31)27-19(20)10-17(13-32-27)25-15(3)34-40-16(25)4/h8-14H,6-7H2,1-5H3. The molecule has 40 heavy (non-hydrogen) atoms. The molecule has 0 radical (unpaired) electrons. The lowest BCUT2D eigenvalue weighted by Gasteiger charge is -2.15. The quantitative estimate of drug-likeness (QED) is 0.211. The Morgan fingerprint density at radius 1 is 1.05 bits per heavy atom. The van der Waals surface area contributed by atoms with Crippen LogP contribution in [0.15, 0.2) is 47.2 Å². The van der Waals surface area contributed by atoms with Gasteiger partial charge in [0.1, 0.15) is 28.8 Å². The Balaban J connectivity index is 1.87. The predicted octanol–water partition coefficient (Wildman–Crippen LogP) is 6.22. The van der Waals surface area contributed by atoms with Crippen molar-refractivity contribution in [1.82, 2.24) is 19.7 Å². The first-order chi connectivity index (χ1) is 19.3. The van der Waals surface area contributed by atoms with Crippen LogP contribution in [-0.4, -0.2) is 46.0 Å². The van der Waals surface area contributed by atoms with Gasteiger partial charge in [-0.05, 0) is 45.9 Å². The molecule has 0 unspecified atom stereocenters. The number of esters is 1. The van der Waals surface area contributed by atoms with Crippen molar-refractivity contribution in [3.8, 4) is 39.6 Å². The second kappa shape index (κ2) is 10.8. The summed E-state index contributed by atoms with van der Waals surface area (Å²) >= 11 is 0. The molecule has 0 aliphatic heterocycles. The van der Waals surface area contributed by atoms with Gasteiger partial charge in [0.2, 0.25) is 5.88 Å². The van der Waals surface area contributed by atoms with E-state index >= 15 is 4.39 Å². The molecule has 0 amide bonds. The zero-order chi connectivity index (χ0) is 28.6. The van der Waals surface area contributed by atoms with Gasteiger partial charge in [-0.15, -0.1) is 0 Å². The number of aryl methyl sites for hydroxylation is 2. The Hall–Kier alpha value is -4.80. The summed E-state index contributed by atoms with van der Waals surface area (Å²) in [4.78, 5) is 21.5. The van der Waals surface area contributed by atoms with Crippen molar-refractivity contribution in [3.05, 3.63) is 71.5 Å². The molecular formula is C29H26F2N4O5. The average molecular weight is 549 g/mol.